The summed E-state index contributed by atoms with van der Waals surface area (Å²) in [6, 6.07) is 32.9. The SMILES string of the molecule is Cc1cc(C)c(-n2c(=S)[nH]c3ccccc3c2=O)c(P(c2ccccc2)c2ccccc2)c1. The second-order valence-corrected chi connectivity index (χ2v) is 10.6. The molecule has 0 spiro atoms. The van der Waals surface area contributed by atoms with Gasteiger partial charge in [-0.05, 0) is 68.4 Å². The van der Waals surface area contributed by atoms with Crippen LogP contribution in [0.15, 0.2) is 102 Å². The predicted molar refractivity (Wildman–Crippen MR) is 143 cm³/mol. The van der Waals surface area contributed by atoms with Gasteiger partial charge in [0.2, 0.25) is 0 Å². The third-order valence-corrected chi connectivity index (χ3v) is 8.46. The average Bonchev–Trinajstić information content (AvgIpc) is 2.82. The first-order chi connectivity index (χ1) is 16.0. The first-order valence-electron chi connectivity index (χ1n) is 10.8. The molecule has 0 radical (unpaired) electrons. The number of nitrogens with zero attached hydrogens (tertiary/aromatic N) is 1. The van der Waals surface area contributed by atoms with Crippen molar-refractivity contribution >= 4 is 47.0 Å². The number of hydrogen-bond donors (Lipinski definition) is 1. The predicted octanol–water partition coefficient (Wildman–Crippen LogP) is 5.42. The number of aryl methyl sites for hydroxylation is 2. The van der Waals surface area contributed by atoms with Gasteiger partial charge in [0.15, 0.2) is 4.77 Å². The van der Waals surface area contributed by atoms with Gasteiger partial charge >= 0.3 is 0 Å². The fourth-order valence-corrected chi connectivity index (χ4v) is 7.25. The Kier molecular flexibility index (Phi) is 5.80. The number of benzene rings is 4. The molecule has 5 rings (SSSR count). The van der Waals surface area contributed by atoms with Crippen LogP contribution in [0.1, 0.15) is 11.1 Å². The first-order valence-corrected chi connectivity index (χ1v) is 12.6. The molecule has 0 unspecified atom stereocenters. The molecule has 33 heavy (non-hydrogen) atoms. The number of nitrogens with one attached hydrogen (secondary N) is 1. The summed E-state index contributed by atoms with van der Waals surface area (Å²) in [5.74, 6) is 0. The normalized spacial score (nSPS) is 11.2. The third kappa shape index (κ3) is 3.97. The Hall–Kier alpha value is -3.33. The van der Waals surface area contributed by atoms with Crippen molar-refractivity contribution in [3.05, 3.63) is 123 Å². The molecule has 0 fully saturated rings. The van der Waals surface area contributed by atoms with Crippen molar-refractivity contribution in [1.29, 1.82) is 0 Å². The summed E-state index contributed by atoms with van der Waals surface area (Å²) < 4.78 is 2.09. The lowest BCUT2D eigenvalue weighted by molar-refractivity contribution is 0.936. The van der Waals surface area contributed by atoms with E-state index in [0.717, 1.165) is 27.6 Å². The van der Waals surface area contributed by atoms with E-state index in [4.69, 9.17) is 12.2 Å². The number of rotatable bonds is 4. The van der Waals surface area contributed by atoms with Crippen LogP contribution in [0.5, 0.6) is 0 Å². The van der Waals surface area contributed by atoms with Crippen LogP contribution >= 0.6 is 20.1 Å². The number of H-pyrrole nitrogens is 1. The van der Waals surface area contributed by atoms with Gasteiger partial charge in [-0.25, -0.2) is 0 Å². The zero-order valence-corrected chi connectivity index (χ0v) is 20.2. The van der Waals surface area contributed by atoms with Crippen LogP contribution in [0.3, 0.4) is 0 Å². The minimum absolute atomic E-state index is 0.0985. The average molecular weight is 467 g/mol. The van der Waals surface area contributed by atoms with Gasteiger partial charge in [-0.3, -0.25) is 9.36 Å². The van der Waals surface area contributed by atoms with Gasteiger partial charge in [0.1, 0.15) is 0 Å². The lowest BCUT2D eigenvalue weighted by atomic mass is 10.1. The van der Waals surface area contributed by atoms with Crippen LogP contribution in [-0.2, 0) is 0 Å². The second-order valence-electron chi connectivity index (χ2n) is 8.07. The molecule has 3 nitrogen and oxygen atoms in total. The van der Waals surface area contributed by atoms with Gasteiger partial charge in [0.25, 0.3) is 5.56 Å². The van der Waals surface area contributed by atoms with E-state index >= 15 is 0 Å². The Bertz CT molecular complexity index is 1530. The highest BCUT2D eigenvalue weighted by molar-refractivity contribution is 7.80. The summed E-state index contributed by atoms with van der Waals surface area (Å²) in [5, 5.41) is 4.21. The minimum atomic E-state index is -0.911. The quantitative estimate of drug-likeness (QED) is 0.284. The molecule has 0 bridgehead atoms. The van der Waals surface area contributed by atoms with E-state index in [1.54, 1.807) is 4.57 Å². The Labute approximate surface area is 199 Å². The monoisotopic (exact) mass is 466 g/mol. The maximum absolute atomic E-state index is 13.7. The molecule has 162 valence electrons. The molecule has 5 aromatic rings. The van der Waals surface area contributed by atoms with Crippen LogP contribution in [0.25, 0.3) is 16.6 Å². The summed E-state index contributed by atoms with van der Waals surface area (Å²) in [7, 11) is -0.911. The number of fused-ring (bicyclic) bond motifs is 1. The number of hydrogen-bond acceptors (Lipinski definition) is 2. The molecular formula is C28H23N2OPS. The van der Waals surface area contributed by atoms with Crippen molar-refractivity contribution in [3.63, 3.8) is 0 Å². The smallest absolute Gasteiger partial charge is 0.266 e. The molecule has 4 aromatic carbocycles. The molecule has 0 aliphatic carbocycles. The van der Waals surface area contributed by atoms with Crippen LogP contribution < -0.4 is 21.5 Å². The summed E-state index contributed by atoms with van der Waals surface area (Å²) in [4.78, 5) is 17.0. The van der Waals surface area contributed by atoms with Crippen LogP contribution in [0.4, 0.5) is 0 Å². The zero-order valence-electron chi connectivity index (χ0n) is 18.4. The van der Waals surface area contributed by atoms with Gasteiger partial charge in [-0.2, -0.15) is 0 Å². The number of aromatic amines is 1. The lowest BCUT2D eigenvalue weighted by Crippen LogP contribution is -2.30. The van der Waals surface area contributed by atoms with E-state index in [2.05, 4.69) is 79.5 Å². The van der Waals surface area contributed by atoms with Gasteiger partial charge in [0.05, 0.1) is 16.6 Å². The molecule has 0 saturated heterocycles. The standard InChI is InChI=1S/C28H23N2OPS/c1-19-17-20(2)26(30-27(31)23-15-9-10-16-24(23)29-28(30)33)25(18-19)32(21-11-5-3-6-12-21)22-13-7-4-8-14-22/h3-18H,1-2H3,(H,29,33). The third-order valence-electron chi connectivity index (χ3n) is 5.72. The molecule has 0 atom stereocenters. The molecule has 0 aliphatic rings. The Morgan fingerprint density at radius 2 is 1.36 bits per heavy atom. The fourth-order valence-electron chi connectivity index (χ4n) is 4.35. The Morgan fingerprint density at radius 3 is 2.00 bits per heavy atom. The summed E-state index contributed by atoms with van der Waals surface area (Å²) in [6.45, 7) is 4.17. The molecule has 0 aliphatic heterocycles. The van der Waals surface area contributed by atoms with Gasteiger partial charge in [-0.1, -0.05) is 84.4 Å². The summed E-state index contributed by atoms with van der Waals surface area (Å²) in [5.41, 5.74) is 3.72. The van der Waals surface area contributed by atoms with Gasteiger partial charge in [0, 0.05) is 5.30 Å². The van der Waals surface area contributed by atoms with Crippen molar-refractivity contribution < 1.29 is 0 Å². The minimum Gasteiger partial charge on any atom is -0.331 e. The van der Waals surface area contributed by atoms with Crippen molar-refractivity contribution in [2.24, 2.45) is 0 Å². The zero-order chi connectivity index (χ0) is 22.9. The lowest BCUT2D eigenvalue weighted by Gasteiger charge is -2.25. The van der Waals surface area contributed by atoms with E-state index in [-0.39, 0.29) is 5.56 Å². The molecule has 1 aromatic heterocycles. The van der Waals surface area contributed by atoms with Crippen molar-refractivity contribution in [1.82, 2.24) is 9.55 Å². The van der Waals surface area contributed by atoms with E-state index in [1.165, 1.54) is 10.6 Å². The summed E-state index contributed by atoms with van der Waals surface area (Å²) in [6.07, 6.45) is 0. The topological polar surface area (TPSA) is 37.8 Å². The molecule has 0 amide bonds. The summed E-state index contributed by atoms with van der Waals surface area (Å²) >= 11 is 5.74. The molecule has 1 heterocycles. The fraction of sp³-hybridized carbons (Fsp3) is 0.0714. The van der Waals surface area contributed by atoms with E-state index in [1.807, 2.05) is 36.4 Å². The Balaban J connectivity index is 1.89. The van der Waals surface area contributed by atoms with Crippen LogP contribution in [-0.4, -0.2) is 9.55 Å². The molecule has 1 N–H and O–H groups in total. The van der Waals surface area contributed by atoms with E-state index < -0.39 is 7.92 Å². The van der Waals surface area contributed by atoms with Crippen molar-refractivity contribution in [2.45, 2.75) is 13.8 Å². The largest absolute Gasteiger partial charge is 0.331 e. The van der Waals surface area contributed by atoms with Crippen LogP contribution in [0.2, 0.25) is 0 Å². The Morgan fingerprint density at radius 1 is 0.788 bits per heavy atom. The van der Waals surface area contributed by atoms with Gasteiger partial charge in [-0.15, -0.1) is 0 Å². The highest BCUT2D eigenvalue weighted by Crippen LogP contribution is 2.36. The highest BCUT2D eigenvalue weighted by atomic mass is 32.1. The maximum atomic E-state index is 13.7. The maximum Gasteiger partial charge on any atom is 0.266 e. The highest BCUT2D eigenvalue weighted by Gasteiger charge is 2.23. The van der Waals surface area contributed by atoms with E-state index in [0.29, 0.717) is 10.2 Å². The first kappa shape index (κ1) is 21.5. The number of aromatic nitrogens is 2. The molecule has 0 saturated carbocycles. The van der Waals surface area contributed by atoms with Crippen molar-refractivity contribution in [3.8, 4) is 5.69 Å². The van der Waals surface area contributed by atoms with E-state index in [9.17, 15) is 4.79 Å². The van der Waals surface area contributed by atoms with Crippen molar-refractivity contribution in [2.75, 3.05) is 0 Å². The second kappa shape index (κ2) is 8.90. The number of para-hydroxylation sites is 1. The van der Waals surface area contributed by atoms with Gasteiger partial charge < -0.3 is 4.98 Å². The molecule has 5 heteroatoms. The van der Waals surface area contributed by atoms with Crippen LogP contribution in [0, 0.1) is 18.6 Å². The molecular weight excluding hydrogens is 443 g/mol.